The number of hydrogen-bond donors (Lipinski definition) is 0. The summed E-state index contributed by atoms with van der Waals surface area (Å²) < 4.78 is 8.56. The number of halogens is 1. The van der Waals surface area contributed by atoms with Crippen LogP contribution in [0.25, 0.3) is 11.2 Å². The molecule has 1 saturated heterocycles. The lowest BCUT2D eigenvalue weighted by Gasteiger charge is -2.22. The molecule has 0 radical (unpaired) electrons. The van der Waals surface area contributed by atoms with Gasteiger partial charge in [-0.25, -0.2) is 9.97 Å². The lowest BCUT2D eigenvalue weighted by molar-refractivity contribution is 0.363. The maximum absolute atomic E-state index is 12.7. The summed E-state index contributed by atoms with van der Waals surface area (Å²) in [6.07, 6.45) is 8.48. The predicted molar refractivity (Wildman–Crippen MR) is 117 cm³/mol. The molecule has 2 fully saturated rings. The molecule has 2 aliphatic rings. The Kier molecular flexibility index (Phi) is 4.13. The maximum Gasteiger partial charge on any atom is 0.280 e. The van der Waals surface area contributed by atoms with Crippen LogP contribution in [0.1, 0.15) is 23.2 Å². The zero-order valence-corrected chi connectivity index (χ0v) is 17.9. The second-order valence-electron chi connectivity index (χ2n) is 8.32. The van der Waals surface area contributed by atoms with E-state index in [0.717, 1.165) is 18.8 Å². The molecule has 6 rings (SSSR count). The van der Waals surface area contributed by atoms with Crippen molar-refractivity contribution in [2.75, 3.05) is 18.0 Å². The summed E-state index contributed by atoms with van der Waals surface area (Å²) in [5.74, 6) is 4.91. The van der Waals surface area contributed by atoms with Gasteiger partial charge in [0.15, 0.2) is 17.0 Å². The lowest BCUT2D eigenvalue weighted by atomic mass is 10.2. The molecular formula is C22H18ClN7O2. The monoisotopic (exact) mass is 447 g/mol. The smallest absolute Gasteiger partial charge is 0.280 e. The summed E-state index contributed by atoms with van der Waals surface area (Å²) in [6.45, 7) is 1.99. The van der Waals surface area contributed by atoms with Crippen LogP contribution >= 0.6 is 11.6 Å². The fraction of sp³-hybridized carbons (Fsp3) is 0.318. The van der Waals surface area contributed by atoms with E-state index in [9.17, 15) is 4.79 Å². The van der Waals surface area contributed by atoms with E-state index >= 15 is 0 Å². The number of aryl methyl sites for hydroxylation is 1. The standard InChI is InChI=1S/C22H18ClN7O2/c1-3-12-4-5-13(6-16(12)23)29-7-14-15(8-29)18(14)20-26-17(32-27-20)9-30-11-25-21-19(22(30)31)28(2)10-24-21/h1,4-6,10-11,14-15,18H,7-9H2,2H3. The molecule has 1 saturated carbocycles. The van der Waals surface area contributed by atoms with Gasteiger partial charge in [-0.3, -0.25) is 9.36 Å². The van der Waals surface area contributed by atoms with Crippen molar-refractivity contribution in [3.05, 3.63) is 63.5 Å². The van der Waals surface area contributed by atoms with Crippen LogP contribution in [-0.2, 0) is 13.6 Å². The van der Waals surface area contributed by atoms with Gasteiger partial charge in [0, 0.05) is 37.3 Å². The summed E-state index contributed by atoms with van der Waals surface area (Å²) in [7, 11) is 1.76. The van der Waals surface area contributed by atoms with E-state index in [1.54, 1.807) is 17.9 Å². The molecule has 0 N–H and O–H groups in total. The van der Waals surface area contributed by atoms with Crippen LogP contribution in [-0.4, -0.2) is 42.3 Å². The molecule has 1 aliphatic heterocycles. The zero-order valence-electron chi connectivity index (χ0n) is 17.1. The minimum absolute atomic E-state index is 0.175. The lowest BCUT2D eigenvalue weighted by Crippen LogP contribution is -2.24. The number of aromatic nitrogens is 6. The summed E-state index contributed by atoms with van der Waals surface area (Å²) in [6, 6.07) is 5.82. The van der Waals surface area contributed by atoms with E-state index < -0.39 is 0 Å². The molecule has 3 aromatic heterocycles. The second kappa shape index (κ2) is 6.93. The molecule has 0 spiro atoms. The first-order valence-corrected chi connectivity index (χ1v) is 10.6. The van der Waals surface area contributed by atoms with Gasteiger partial charge in [0.25, 0.3) is 5.56 Å². The van der Waals surface area contributed by atoms with E-state index in [2.05, 4.69) is 30.9 Å². The van der Waals surface area contributed by atoms with Crippen molar-refractivity contribution in [3.63, 3.8) is 0 Å². The van der Waals surface area contributed by atoms with Gasteiger partial charge in [-0.05, 0) is 30.0 Å². The molecule has 2 unspecified atom stereocenters. The number of benzene rings is 1. The van der Waals surface area contributed by atoms with Crippen molar-refractivity contribution in [2.24, 2.45) is 18.9 Å². The largest absolute Gasteiger partial charge is 0.371 e. The summed E-state index contributed by atoms with van der Waals surface area (Å²) in [5, 5.41) is 4.79. The Bertz CT molecular complexity index is 1450. The molecule has 32 heavy (non-hydrogen) atoms. The van der Waals surface area contributed by atoms with Gasteiger partial charge < -0.3 is 14.0 Å². The van der Waals surface area contributed by atoms with Crippen molar-refractivity contribution < 1.29 is 4.52 Å². The van der Waals surface area contributed by atoms with Crippen LogP contribution < -0.4 is 10.5 Å². The van der Waals surface area contributed by atoms with E-state index in [-0.39, 0.29) is 18.0 Å². The van der Waals surface area contributed by atoms with Crippen LogP contribution in [0.2, 0.25) is 5.02 Å². The van der Waals surface area contributed by atoms with E-state index in [1.807, 2.05) is 18.2 Å². The third-order valence-corrected chi connectivity index (χ3v) is 6.77. The molecule has 4 aromatic rings. The highest BCUT2D eigenvalue weighted by molar-refractivity contribution is 6.32. The zero-order chi connectivity index (χ0) is 22.0. The van der Waals surface area contributed by atoms with E-state index in [0.29, 0.717) is 45.3 Å². The van der Waals surface area contributed by atoms with Crippen LogP contribution in [0.4, 0.5) is 5.69 Å². The molecule has 0 bridgehead atoms. The highest BCUT2D eigenvalue weighted by atomic mass is 35.5. The average Bonchev–Trinajstić information content (AvgIpc) is 3.21. The predicted octanol–water partition coefficient (Wildman–Crippen LogP) is 2.05. The fourth-order valence-electron chi connectivity index (χ4n) is 4.74. The average molecular weight is 448 g/mol. The molecule has 1 aromatic carbocycles. The van der Waals surface area contributed by atoms with Crippen molar-refractivity contribution in [1.29, 1.82) is 0 Å². The van der Waals surface area contributed by atoms with Gasteiger partial charge in [0.05, 0.1) is 11.3 Å². The van der Waals surface area contributed by atoms with Gasteiger partial charge in [-0.1, -0.05) is 22.7 Å². The highest BCUT2D eigenvalue weighted by Gasteiger charge is 2.58. The van der Waals surface area contributed by atoms with Crippen molar-refractivity contribution >= 4 is 28.5 Å². The number of terminal acetylenes is 1. The van der Waals surface area contributed by atoms with Crippen LogP contribution in [0.15, 0.2) is 40.2 Å². The minimum Gasteiger partial charge on any atom is -0.371 e. The number of imidazole rings is 1. The normalized spacial score (nSPS) is 21.7. The summed E-state index contributed by atoms with van der Waals surface area (Å²) in [5.41, 5.74) is 2.45. The molecule has 4 heterocycles. The molecule has 0 amide bonds. The summed E-state index contributed by atoms with van der Waals surface area (Å²) in [4.78, 5) is 27.9. The highest BCUT2D eigenvalue weighted by Crippen LogP contribution is 2.58. The van der Waals surface area contributed by atoms with Gasteiger partial charge in [-0.2, -0.15) is 4.98 Å². The third kappa shape index (κ3) is 2.91. The van der Waals surface area contributed by atoms with Crippen molar-refractivity contribution in [2.45, 2.75) is 12.5 Å². The fourth-order valence-corrected chi connectivity index (χ4v) is 4.97. The van der Waals surface area contributed by atoms with Gasteiger partial charge >= 0.3 is 0 Å². The number of piperidine rings is 1. The Morgan fingerprint density at radius 3 is 2.78 bits per heavy atom. The van der Waals surface area contributed by atoms with Gasteiger partial charge in [0.2, 0.25) is 5.89 Å². The van der Waals surface area contributed by atoms with Crippen LogP contribution in [0.3, 0.4) is 0 Å². The molecule has 10 heteroatoms. The first-order valence-electron chi connectivity index (χ1n) is 10.2. The molecule has 9 nitrogen and oxygen atoms in total. The molecular weight excluding hydrogens is 430 g/mol. The third-order valence-electron chi connectivity index (χ3n) is 6.46. The Morgan fingerprint density at radius 2 is 2.03 bits per heavy atom. The number of fused-ring (bicyclic) bond motifs is 2. The Labute approximate surface area is 187 Å². The minimum atomic E-state index is -0.191. The first kappa shape index (κ1) is 19.1. The van der Waals surface area contributed by atoms with Crippen LogP contribution in [0.5, 0.6) is 0 Å². The molecule has 160 valence electrons. The van der Waals surface area contributed by atoms with E-state index in [4.69, 9.17) is 22.5 Å². The Hall–Kier alpha value is -3.64. The maximum atomic E-state index is 12.7. The number of nitrogens with zero attached hydrogens (tertiary/aromatic N) is 7. The van der Waals surface area contributed by atoms with Crippen molar-refractivity contribution in [1.82, 2.24) is 29.2 Å². The number of anilines is 1. The Balaban J connectivity index is 1.15. The van der Waals surface area contributed by atoms with Crippen LogP contribution in [0, 0.1) is 24.2 Å². The topological polar surface area (TPSA) is 94.9 Å². The summed E-state index contributed by atoms with van der Waals surface area (Å²) >= 11 is 6.26. The second-order valence-corrected chi connectivity index (χ2v) is 8.73. The van der Waals surface area contributed by atoms with Gasteiger partial charge in [-0.15, -0.1) is 6.42 Å². The molecule has 2 atom stereocenters. The number of rotatable bonds is 4. The number of hydrogen-bond acceptors (Lipinski definition) is 7. The van der Waals surface area contributed by atoms with E-state index in [1.165, 1.54) is 10.9 Å². The first-order chi connectivity index (χ1) is 15.5. The van der Waals surface area contributed by atoms with Gasteiger partial charge in [0.1, 0.15) is 12.9 Å². The van der Waals surface area contributed by atoms with Crippen molar-refractivity contribution in [3.8, 4) is 12.3 Å². The SMILES string of the molecule is C#Cc1ccc(N2CC3C(C2)C3c2noc(Cn3cnc4ncn(C)c4c3=O)n2)cc1Cl. The molecule has 1 aliphatic carbocycles. The quantitative estimate of drug-likeness (QED) is 0.442. The Morgan fingerprint density at radius 1 is 1.25 bits per heavy atom.